The van der Waals surface area contributed by atoms with Crippen molar-refractivity contribution in [3.8, 4) is 0 Å². The molecule has 1 aliphatic carbocycles. The fourth-order valence-electron chi connectivity index (χ4n) is 2.90. The van der Waals surface area contributed by atoms with Crippen molar-refractivity contribution in [2.75, 3.05) is 11.9 Å². The van der Waals surface area contributed by atoms with Gasteiger partial charge in [-0.1, -0.05) is 12.8 Å². The van der Waals surface area contributed by atoms with Crippen molar-refractivity contribution in [2.45, 2.75) is 38.6 Å². The fraction of sp³-hybridized carbons (Fsp3) is 0.615. The van der Waals surface area contributed by atoms with Gasteiger partial charge in [0.2, 0.25) is 0 Å². The Bertz CT molecular complexity index is 563. The predicted octanol–water partition coefficient (Wildman–Crippen LogP) is 1.36. The van der Waals surface area contributed by atoms with Gasteiger partial charge in [0.1, 0.15) is 12.1 Å². The van der Waals surface area contributed by atoms with E-state index in [2.05, 4.69) is 20.4 Å². The molecule has 0 aliphatic heterocycles. The van der Waals surface area contributed by atoms with Crippen LogP contribution < -0.4 is 11.1 Å². The van der Waals surface area contributed by atoms with Crippen molar-refractivity contribution in [1.82, 2.24) is 19.6 Å². The van der Waals surface area contributed by atoms with Crippen LogP contribution in [-0.2, 0) is 0 Å². The second kappa shape index (κ2) is 5.13. The van der Waals surface area contributed by atoms with E-state index in [1.54, 1.807) is 4.52 Å². The van der Waals surface area contributed by atoms with Gasteiger partial charge in [-0.2, -0.15) is 14.6 Å². The Morgan fingerprint density at radius 3 is 3.11 bits per heavy atom. The Morgan fingerprint density at radius 2 is 2.26 bits per heavy atom. The van der Waals surface area contributed by atoms with Gasteiger partial charge in [0, 0.05) is 17.8 Å². The van der Waals surface area contributed by atoms with E-state index in [9.17, 15) is 0 Å². The van der Waals surface area contributed by atoms with Gasteiger partial charge in [-0.05, 0) is 32.2 Å². The normalized spacial score (nSPS) is 23.7. The molecule has 0 saturated heterocycles. The highest BCUT2D eigenvalue weighted by atomic mass is 15.4. The fourth-order valence-corrected chi connectivity index (χ4v) is 2.90. The van der Waals surface area contributed by atoms with Crippen molar-refractivity contribution >= 4 is 11.6 Å². The number of anilines is 1. The van der Waals surface area contributed by atoms with Crippen molar-refractivity contribution in [3.63, 3.8) is 0 Å². The van der Waals surface area contributed by atoms with Crippen LogP contribution in [0.4, 0.5) is 5.82 Å². The summed E-state index contributed by atoms with van der Waals surface area (Å²) in [6.45, 7) is 2.71. The molecule has 19 heavy (non-hydrogen) atoms. The third-order valence-corrected chi connectivity index (χ3v) is 3.93. The minimum Gasteiger partial charge on any atom is -0.367 e. The topological polar surface area (TPSA) is 81.1 Å². The lowest BCUT2D eigenvalue weighted by Crippen LogP contribution is -2.37. The van der Waals surface area contributed by atoms with Crippen LogP contribution >= 0.6 is 0 Å². The molecular formula is C13H20N6. The molecule has 2 aromatic heterocycles. The van der Waals surface area contributed by atoms with Crippen LogP contribution in [0.5, 0.6) is 0 Å². The molecule has 6 heteroatoms. The number of aryl methyl sites for hydroxylation is 1. The molecule has 102 valence electrons. The minimum atomic E-state index is 0.424. The number of hydrogen-bond acceptors (Lipinski definition) is 5. The molecule has 2 heterocycles. The van der Waals surface area contributed by atoms with Crippen molar-refractivity contribution in [1.29, 1.82) is 0 Å². The number of hydrogen-bond donors (Lipinski definition) is 2. The third kappa shape index (κ3) is 2.40. The van der Waals surface area contributed by atoms with Gasteiger partial charge < -0.3 is 11.1 Å². The molecule has 1 fully saturated rings. The lowest BCUT2D eigenvalue weighted by atomic mass is 9.84. The second-order valence-electron chi connectivity index (χ2n) is 5.29. The van der Waals surface area contributed by atoms with Crippen LogP contribution in [0.25, 0.3) is 5.78 Å². The Labute approximate surface area is 112 Å². The van der Waals surface area contributed by atoms with Crippen LogP contribution in [0.15, 0.2) is 12.4 Å². The van der Waals surface area contributed by atoms with Crippen LogP contribution in [0.2, 0.25) is 0 Å². The second-order valence-corrected chi connectivity index (χ2v) is 5.29. The minimum absolute atomic E-state index is 0.424. The quantitative estimate of drug-likeness (QED) is 0.871. The first-order chi connectivity index (χ1) is 9.28. The largest absolute Gasteiger partial charge is 0.367 e. The van der Waals surface area contributed by atoms with Crippen LogP contribution in [-0.4, -0.2) is 32.2 Å². The van der Waals surface area contributed by atoms with E-state index in [-0.39, 0.29) is 0 Å². The molecule has 3 rings (SSSR count). The Hall–Kier alpha value is -1.69. The monoisotopic (exact) mass is 260 g/mol. The van der Waals surface area contributed by atoms with E-state index in [0.29, 0.717) is 17.7 Å². The number of nitrogens with zero attached hydrogens (tertiary/aromatic N) is 4. The lowest BCUT2D eigenvalue weighted by molar-refractivity contribution is 0.331. The third-order valence-electron chi connectivity index (χ3n) is 3.93. The zero-order valence-electron chi connectivity index (χ0n) is 11.2. The summed E-state index contributed by atoms with van der Waals surface area (Å²) in [5.41, 5.74) is 6.83. The average molecular weight is 260 g/mol. The lowest BCUT2D eigenvalue weighted by Gasteiger charge is -2.32. The molecule has 3 N–H and O–H groups in total. The van der Waals surface area contributed by atoms with Gasteiger partial charge in [-0.3, -0.25) is 0 Å². The maximum atomic E-state index is 5.88. The van der Waals surface area contributed by atoms with E-state index in [4.69, 9.17) is 5.73 Å². The first kappa shape index (κ1) is 12.3. The molecule has 2 atom stereocenters. The molecule has 0 spiro atoms. The first-order valence-corrected chi connectivity index (χ1v) is 6.92. The highest BCUT2D eigenvalue weighted by molar-refractivity contribution is 5.45. The molecule has 0 radical (unpaired) electrons. The Kier molecular flexibility index (Phi) is 3.33. The number of nitrogens with one attached hydrogen (secondary N) is 1. The number of aromatic nitrogens is 4. The maximum absolute atomic E-state index is 5.88. The summed E-state index contributed by atoms with van der Waals surface area (Å²) in [6.07, 6.45) is 6.46. The Morgan fingerprint density at radius 1 is 1.42 bits per heavy atom. The van der Waals surface area contributed by atoms with Crippen LogP contribution in [0.1, 0.15) is 31.4 Å². The summed E-state index contributed by atoms with van der Waals surface area (Å²) >= 11 is 0. The van der Waals surface area contributed by atoms with Gasteiger partial charge in [0.05, 0.1) is 0 Å². The molecular weight excluding hydrogens is 240 g/mol. The van der Waals surface area contributed by atoms with Crippen LogP contribution in [0, 0.1) is 12.8 Å². The number of nitrogens with two attached hydrogens (primary N) is 1. The summed E-state index contributed by atoms with van der Waals surface area (Å²) in [4.78, 5) is 8.50. The zero-order chi connectivity index (χ0) is 13.2. The van der Waals surface area contributed by atoms with E-state index < -0.39 is 0 Å². The van der Waals surface area contributed by atoms with Gasteiger partial charge in [-0.15, -0.1) is 0 Å². The summed E-state index contributed by atoms with van der Waals surface area (Å²) in [5.74, 6) is 2.15. The molecule has 0 unspecified atom stereocenters. The number of fused-ring (bicyclic) bond motifs is 1. The highest BCUT2D eigenvalue weighted by Crippen LogP contribution is 2.26. The van der Waals surface area contributed by atoms with Crippen LogP contribution in [0.3, 0.4) is 0 Å². The Balaban J connectivity index is 1.89. The van der Waals surface area contributed by atoms with E-state index >= 15 is 0 Å². The molecule has 0 amide bonds. The maximum Gasteiger partial charge on any atom is 0.254 e. The summed E-state index contributed by atoms with van der Waals surface area (Å²) in [7, 11) is 0. The van der Waals surface area contributed by atoms with Gasteiger partial charge in [0.25, 0.3) is 5.78 Å². The zero-order valence-corrected chi connectivity index (χ0v) is 11.2. The van der Waals surface area contributed by atoms with Crippen molar-refractivity contribution < 1.29 is 0 Å². The van der Waals surface area contributed by atoms with Crippen molar-refractivity contribution in [3.05, 3.63) is 18.1 Å². The first-order valence-electron chi connectivity index (χ1n) is 6.92. The summed E-state index contributed by atoms with van der Waals surface area (Å²) in [6, 6.07) is 2.44. The van der Waals surface area contributed by atoms with Gasteiger partial charge in [0.15, 0.2) is 0 Å². The van der Waals surface area contributed by atoms with E-state index in [0.717, 1.165) is 18.1 Å². The predicted molar refractivity (Wildman–Crippen MR) is 73.9 cm³/mol. The summed E-state index contributed by atoms with van der Waals surface area (Å²) in [5, 5.41) is 7.82. The van der Waals surface area contributed by atoms with Crippen molar-refractivity contribution in [2.24, 2.45) is 11.7 Å². The van der Waals surface area contributed by atoms with E-state index in [1.165, 1.54) is 32.0 Å². The molecule has 1 aliphatic rings. The average Bonchev–Trinajstić information content (AvgIpc) is 2.87. The molecule has 1 saturated carbocycles. The number of rotatable bonds is 3. The SMILES string of the molecule is Cc1cc(N[C@@H]2CCCC[C@@H]2CN)n2ncnc2n1. The smallest absolute Gasteiger partial charge is 0.254 e. The molecule has 2 aromatic rings. The molecule has 0 bridgehead atoms. The van der Waals surface area contributed by atoms with Gasteiger partial charge in [-0.25, -0.2) is 4.98 Å². The molecule has 6 nitrogen and oxygen atoms in total. The van der Waals surface area contributed by atoms with Gasteiger partial charge >= 0.3 is 0 Å². The standard InChI is InChI=1S/C13H20N6/c1-9-6-12(19-13(17-9)15-8-16-19)18-11-5-3-2-4-10(11)7-14/h6,8,10-11,18H,2-5,7,14H2,1H3/t10-,11-/m1/s1. The highest BCUT2D eigenvalue weighted by Gasteiger charge is 2.24. The summed E-state index contributed by atoms with van der Waals surface area (Å²) < 4.78 is 1.76. The molecule has 0 aromatic carbocycles. The van der Waals surface area contributed by atoms with E-state index in [1.807, 2.05) is 13.0 Å².